The van der Waals surface area contributed by atoms with Gasteiger partial charge in [0.05, 0.1) is 5.69 Å². The van der Waals surface area contributed by atoms with E-state index in [9.17, 15) is 0 Å². The minimum atomic E-state index is 0.819. The van der Waals surface area contributed by atoms with E-state index in [2.05, 4.69) is 25.9 Å². The Morgan fingerprint density at radius 3 is 3.00 bits per heavy atom. The Morgan fingerprint density at radius 2 is 2.17 bits per heavy atom. The summed E-state index contributed by atoms with van der Waals surface area (Å²) in [5, 5.41) is 5.45. The number of hydrogen-bond donors (Lipinski definition) is 1. The summed E-state index contributed by atoms with van der Waals surface area (Å²) in [5.74, 6) is 0. The smallest absolute Gasteiger partial charge is 0.193 e. The van der Waals surface area contributed by atoms with Gasteiger partial charge in [-0.15, -0.1) is 11.3 Å². The predicted octanol–water partition coefficient (Wildman–Crippen LogP) is 2.12. The summed E-state index contributed by atoms with van der Waals surface area (Å²) in [7, 11) is 0. The predicted molar refractivity (Wildman–Crippen MR) is 72.7 cm³/mol. The first-order valence-corrected chi connectivity index (χ1v) is 6.80. The first-order chi connectivity index (χ1) is 8.92. The van der Waals surface area contributed by atoms with Gasteiger partial charge in [-0.3, -0.25) is 9.38 Å². The Bertz CT molecular complexity index is 586. The van der Waals surface area contributed by atoms with Gasteiger partial charge < -0.3 is 5.32 Å². The topological polar surface area (TPSA) is 42.2 Å². The fraction of sp³-hybridized carbons (Fsp3) is 0.231. The van der Waals surface area contributed by atoms with Crippen LogP contribution in [0, 0.1) is 0 Å². The van der Waals surface area contributed by atoms with Gasteiger partial charge in [-0.2, -0.15) is 0 Å². The number of hydrogen-bond acceptors (Lipinski definition) is 4. The molecule has 3 rings (SSSR count). The van der Waals surface area contributed by atoms with E-state index in [1.165, 1.54) is 5.56 Å². The number of imidazole rings is 1. The number of fused-ring (bicyclic) bond motifs is 1. The lowest BCUT2D eigenvalue weighted by atomic mass is 10.2. The SMILES string of the molecule is c1cc(CCNCc2cn3ccsc3n2)ccn1. The summed E-state index contributed by atoms with van der Waals surface area (Å²) >= 11 is 1.66. The van der Waals surface area contributed by atoms with Crippen molar-refractivity contribution < 1.29 is 0 Å². The Labute approximate surface area is 109 Å². The van der Waals surface area contributed by atoms with Gasteiger partial charge in [0, 0.05) is 36.7 Å². The highest BCUT2D eigenvalue weighted by molar-refractivity contribution is 7.15. The van der Waals surface area contributed by atoms with Gasteiger partial charge >= 0.3 is 0 Å². The maximum atomic E-state index is 4.53. The van der Waals surface area contributed by atoms with Crippen LogP contribution in [-0.4, -0.2) is 20.9 Å². The van der Waals surface area contributed by atoms with E-state index in [4.69, 9.17) is 0 Å². The lowest BCUT2D eigenvalue weighted by Gasteiger charge is -2.02. The second-order valence-corrected chi connectivity index (χ2v) is 4.98. The monoisotopic (exact) mass is 258 g/mol. The largest absolute Gasteiger partial charge is 0.311 e. The van der Waals surface area contributed by atoms with Crippen molar-refractivity contribution in [3.8, 4) is 0 Å². The second kappa shape index (κ2) is 5.29. The zero-order valence-corrected chi connectivity index (χ0v) is 10.7. The van der Waals surface area contributed by atoms with E-state index in [1.54, 1.807) is 11.3 Å². The van der Waals surface area contributed by atoms with Crippen molar-refractivity contribution in [3.63, 3.8) is 0 Å². The molecule has 18 heavy (non-hydrogen) atoms. The summed E-state index contributed by atoms with van der Waals surface area (Å²) < 4.78 is 2.06. The summed E-state index contributed by atoms with van der Waals surface area (Å²) in [4.78, 5) is 9.59. The molecule has 5 heteroatoms. The molecule has 1 N–H and O–H groups in total. The van der Waals surface area contributed by atoms with Crippen molar-refractivity contribution in [2.24, 2.45) is 0 Å². The molecule has 0 atom stereocenters. The first-order valence-electron chi connectivity index (χ1n) is 5.92. The van der Waals surface area contributed by atoms with E-state index in [-0.39, 0.29) is 0 Å². The molecule has 0 spiro atoms. The molecule has 3 heterocycles. The molecule has 3 aromatic heterocycles. The van der Waals surface area contributed by atoms with E-state index in [0.717, 1.165) is 30.2 Å². The Hall–Kier alpha value is -1.72. The lowest BCUT2D eigenvalue weighted by Crippen LogP contribution is -2.16. The van der Waals surface area contributed by atoms with Crippen LogP contribution >= 0.6 is 11.3 Å². The Morgan fingerprint density at radius 1 is 1.28 bits per heavy atom. The van der Waals surface area contributed by atoms with Gasteiger partial charge in [-0.25, -0.2) is 4.98 Å². The van der Waals surface area contributed by atoms with E-state index < -0.39 is 0 Å². The summed E-state index contributed by atoms with van der Waals surface area (Å²) in [6, 6.07) is 4.10. The van der Waals surface area contributed by atoms with Gasteiger partial charge in [0.2, 0.25) is 0 Å². The third-order valence-corrected chi connectivity index (χ3v) is 3.56. The van der Waals surface area contributed by atoms with E-state index in [1.807, 2.05) is 36.1 Å². The number of thiazole rings is 1. The van der Waals surface area contributed by atoms with Crippen molar-refractivity contribution in [1.82, 2.24) is 19.7 Å². The van der Waals surface area contributed by atoms with Crippen molar-refractivity contribution in [2.45, 2.75) is 13.0 Å². The summed E-state index contributed by atoms with van der Waals surface area (Å²) in [6.45, 7) is 1.77. The highest BCUT2D eigenvalue weighted by Crippen LogP contribution is 2.10. The molecule has 3 aromatic rings. The average Bonchev–Trinajstić information content (AvgIpc) is 2.96. The molecule has 0 amide bonds. The van der Waals surface area contributed by atoms with Crippen LogP contribution in [0.4, 0.5) is 0 Å². The van der Waals surface area contributed by atoms with Crippen LogP contribution < -0.4 is 5.32 Å². The van der Waals surface area contributed by atoms with Crippen molar-refractivity contribution in [2.75, 3.05) is 6.54 Å². The number of rotatable bonds is 5. The zero-order valence-electron chi connectivity index (χ0n) is 9.91. The number of nitrogens with one attached hydrogen (secondary N) is 1. The van der Waals surface area contributed by atoms with E-state index >= 15 is 0 Å². The number of pyridine rings is 1. The molecule has 0 aliphatic heterocycles. The molecule has 0 aromatic carbocycles. The van der Waals surface area contributed by atoms with Crippen LogP contribution in [0.15, 0.2) is 42.3 Å². The maximum absolute atomic E-state index is 4.53. The minimum absolute atomic E-state index is 0.819. The normalized spacial score (nSPS) is 11.1. The maximum Gasteiger partial charge on any atom is 0.193 e. The van der Waals surface area contributed by atoms with Crippen LogP contribution in [0.2, 0.25) is 0 Å². The van der Waals surface area contributed by atoms with Gasteiger partial charge in [0.25, 0.3) is 0 Å². The fourth-order valence-electron chi connectivity index (χ4n) is 1.86. The quantitative estimate of drug-likeness (QED) is 0.713. The standard InChI is InChI=1S/C13H14N4S/c1-4-14-5-2-11(1)3-6-15-9-12-10-17-7-8-18-13(17)16-12/h1-2,4-5,7-8,10,15H,3,6,9H2. The molecule has 4 nitrogen and oxygen atoms in total. The number of nitrogens with zero attached hydrogens (tertiary/aromatic N) is 3. The third-order valence-electron chi connectivity index (χ3n) is 2.79. The van der Waals surface area contributed by atoms with Crippen LogP contribution in [0.1, 0.15) is 11.3 Å². The van der Waals surface area contributed by atoms with Crippen LogP contribution in [0.5, 0.6) is 0 Å². The summed E-state index contributed by atoms with van der Waals surface area (Å²) in [6.07, 6.45) is 8.79. The van der Waals surface area contributed by atoms with Crippen LogP contribution in [0.25, 0.3) is 4.96 Å². The highest BCUT2D eigenvalue weighted by atomic mass is 32.1. The molecule has 92 valence electrons. The molecule has 0 fully saturated rings. The Balaban J connectivity index is 1.49. The summed E-state index contributed by atoms with van der Waals surface area (Å²) in [5.41, 5.74) is 2.40. The van der Waals surface area contributed by atoms with Crippen LogP contribution in [-0.2, 0) is 13.0 Å². The molecule has 0 radical (unpaired) electrons. The average molecular weight is 258 g/mol. The van der Waals surface area contributed by atoms with Gasteiger partial charge in [-0.1, -0.05) is 0 Å². The third kappa shape index (κ3) is 2.57. The second-order valence-electron chi connectivity index (χ2n) is 4.11. The van der Waals surface area contributed by atoms with Crippen molar-refractivity contribution in [1.29, 1.82) is 0 Å². The molecule has 0 aliphatic carbocycles. The van der Waals surface area contributed by atoms with E-state index in [0.29, 0.717) is 0 Å². The lowest BCUT2D eigenvalue weighted by molar-refractivity contribution is 0.677. The first kappa shape index (κ1) is 11.4. The van der Waals surface area contributed by atoms with Gasteiger partial charge in [0.1, 0.15) is 0 Å². The molecule has 0 saturated carbocycles. The molecule has 0 bridgehead atoms. The molecule has 0 unspecified atom stereocenters. The number of aromatic nitrogens is 3. The van der Waals surface area contributed by atoms with Gasteiger partial charge in [-0.05, 0) is 30.7 Å². The zero-order chi connectivity index (χ0) is 12.2. The molecule has 0 aliphatic rings. The van der Waals surface area contributed by atoms with Crippen LogP contribution in [0.3, 0.4) is 0 Å². The molecular formula is C13H14N4S. The molecular weight excluding hydrogens is 244 g/mol. The van der Waals surface area contributed by atoms with Crippen molar-refractivity contribution >= 4 is 16.3 Å². The van der Waals surface area contributed by atoms with Gasteiger partial charge in [0.15, 0.2) is 4.96 Å². The Kier molecular flexibility index (Phi) is 3.34. The minimum Gasteiger partial charge on any atom is -0.311 e. The molecule has 0 saturated heterocycles. The fourth-order valence-corrected chi connectivity index (χ4v) is 2.58. The van der Waals surface area contributed by atoms with Crippen molar-refractivity contribution in [3.05, 3.63) is 53.6 Å². The highest BCUT2D eigenvalue weighted by Gasteiger charge is 2.01.